The lowest BCUT2D eigenvalue weighted by molar-refractivity contribution is 0.111. The second-order valence-electron chi connectivity index (χ2n) is 2.80. The molecule has 0 amide bonds. The topological polar surface area (TPSA) is 22.1 Å². The Hall–Kier alpha value is 0.0700. The van der Waals surface area contributed by atoms with Crippen LogP contribution in [0.25, 0.3) is 0 Å². The van der Waals surface area contributed by atoms with Crippen molar-refractivity contribution in [3.63, 3.8) is 0 Å². The summed E-state index contributed by atoms with van der Waals surface area (Å²) in [5, 5.41) is 2.04. The summed E-state index contributed by atoms with van der Waals surface area (Å²) in [4.78, 5) is 5.61. The van der Waals surface area contributed by atoms with E-state index in [0.717, 1.165) is 23.4 Å². The molecule has 0 saturated carbocycles. The largest absolute Gasteiger partial charge is 0.371 e. The van der Waals surface area contributed by atoms with Crippen molar-refractivity contribution in [2.45, 2.75) is 24.3 Å². The van der Waals surface area contributed by atoms with Gasteiger partial charge in [-0.2, -0.15) is 0 Å². The Balaban J connectivity index is 2.11. The summed E-state index contributed by atoms with van der Waals surface area (Å²) in [6.45, 7) is 0.897. The number of halogens is 1. The van der Waals surface area contributed by atoms with Gasteiger partial charge < -0.3 is 4.74 Å². The fourth-order valence-electron chi connectivity index (χ4n) is 1.31. The van der Waals surface area contributed by atoms with Crippen LogP contribution in [0.5, 0.6) is 0 Å². The van der Waals surface area contributed by atoms with Crippen LogP contribution in [0.4, 0.5) is 0 Å². The average molecular weight is 248 g/mol. The van der Waals surface area contributed by atoms with Crippen LogP contribution in [0.1, 0.15) is 28.8 Å². The lowest BCUT2D eigenvalue weighted by Crippen LogP contribution is -1.93. The zero-order valence-electron chi connectivity index (χ0n) is 6.62. The maximum atomic E-state index is 5.53. The maximum absolute atomic E-state index is 5.53. The molecule has 0 aromatic carbocycles. The Kier molecular flexibility index (Phi) is 2.78. The van der Waals surface area contributed by atoms with Gasteiger partial charge in [-0.3, -0.25) is 0 Å². The summed E-state index contributed by atoms with van der Waals surface area (Å²) in [6, 6.07) is 0. The maximum Gasteiger partial charge on any atom is 0.122 e. The van der Waals surface area contributed by atoms with Crippen molar-refractivity contribution in [3.05, 3.63) is 16.1 Å². The molecule has 1 unspecified atom stereocenters. The monoisotopic (exact) mass is 247 g/mol. The van der Waals surface area contributed by atoms with E-state index in [1.165, 1.54) is 11.3 Å². The molecule has 2 rings (SSSR count). The van der Waals surface area contributed by atoms with Crippen LogP contribution in [-0.4, -0.2) is 11.6 Å². The van der Waals surface area contributed by atoms with Crippen molar-refractivity contribution in [3.8, 4) is 0 Å². The van der Waals surface area contributed by atoms with Crippen LogP contribution in [0.2, 0.25) is 0 Å². The van der Waals surface area contributed by atoms with Crippen LogP contribution >= 0.6 is 27.3 Å². The third-order valence-corrected chi connectivity index (χ3v) is 3.97. The molecule has 0 aliphatic carbocycles. The van der Waals surface area contributed by atoms with Crippen LogP contribution in [0.15, 0.2) is 6.20 Å². The third kappa shape index (κ3) is 1.70. The standard InChI is InChI=1S/C8H10BrNOS/c9-4-6-5-10-8(12-6)7-2-1-3-11-7/h5,7H,1-4H2. The minimum atomic E-state index is 0.280. The zero-order chi connectivity index (χ0) is 8.39. The van der Waals surface area contributed by atoms with Crippen molar-refractivity contribution >= 4 is 27.3 Å². The molecule has 2 nitrogen and oxygen atoms in total. The van der Waals surface area contributed by atoms with E-state index >= 15 is 0 Å². The van der Waals surface area contributed by atoms with E-state index in [1.807, 2.05) is 6.20 Å². The Labute approximate surface area is 84.1 Å². The molecule has 1 saturated heterocycles. The lowest BCUT2D eigenvalue weighted by Gasteiger charge is -2.02. The summed E-state index contributed by atoms with van der Waals surface area (Å²) >= 11 is 5.16. The van der Waals surface area contributed by atoms with Crippen molar-refractivity contribution in [2.24, 2.45) is 0 Å². The quantitative estimate of drug-likeness (QED) is 0.751. The molecule has 4 heteroatoms. The molecule has 2 heterocycles. The molecule has 66 valence electrons. The molecule has 0 radical (unpaired) electrons. The Bertz CT molecular complexity index is 257. The number of ether oxygens (including phenoxy) is 1. The molecule has 1 aromatic rings. The van der Waals surface area contributed by atoms with E-state index in [4.69, 9.17) is 4.74 Å². The summed E-state index contributed by atoms with van der Waals surface area (Å²) in [6.07, 6.45) is 4.52. The average Bonchev–Trinajstić information content (AvgIpc) is 2.75. The number of thiazole rings is 1. The summed E-state index contributed by atoms with van der Waals surface area (Å²) < 4.78 is 5.53. The molecular formula is C8H10BrNOS. The van der Waals surface area contributed by atoms with Gasteiger partial charge in [0, 0.05) is 23.0 Å². The number of aromatic nitrogens is 1. The SMILES string of the molecule is BrCc1cnc(C2CCCO2)s1. The lowest BCUT2D eigenvalue weighted by atomic mass is 10.2. The van der Waals surface area contributed by atoms with Crippen LogP contribution < -0.4 is 0 Å². The van der Waals surface area contributed by atoms with Gasteiger partial charge in [0.2, 0.25) is 0 Å². The number of nitrogens with zero attached hydrogens (tertiary/aromatic N) is 1. The smallest absolute Gasteiger partial charge is 0.122 e. The highest BCUT2D eigenvalue weighted by atomic mass is 79.9. The minimum Gasteiger partial charge on any atom is -0.371 e. The Morgan fingerprint density at radius 2 is 2.67 bits per heavy atom. The molecule has 0 N–H and O–H groups in total. The predicted octanol–water partition coefficient (Wildman–Crippen LogP) is 2.89. The molecule has 0 spiro atoms. The van der Waals surface area contributed by atoms with Gasteiger partial charge in [-0.15, -0.1) is 11.3 Å². The summed E-state index contributed by atoms with van der Waals surface area (Å²) in [5.41, 5.74) is 0. The second-order valence-corrected chi connectivity index (χ2v) is 4.51. The third-order valence-electron chi connectivity index (χ3n) is 1.91. The van der Waals surface area contributed by atoms with Crippen molar-refractivity contribution in [1.82, 2.24) is 4.98 Å². The van der Waals surface area contributed by atoms with Gasteiger partial charge in [0.05, 0.1) is 0 Å². The fraction of sp³-hybridized carbons (Fsp3) is 0.625. The molecule has 1 aliphatic heterocycles. The van der Waals surface area contributed by atoms with Crippen LogP contribution in [-0.2, 0) is 10.1 Å². The van der Waals surface area contributed by atoms with E-state index in [1.54, 1.807) is 11.3 Å². The van der Waals surface area contributed by atoms with Gasteiger partial charge in [-0.1, -0.05) is 15.9 Å². The highest BCUT2D eigenvalue weighted by Crippen LogP contribution is 2.31. The normalized spacial score (nSPS) is 23.2. The summed E-state index contributed by atoms with van der Waals surface area (Å²) in [7, 11) is 0. The van der Waals surface area contributed by atoms with E-state index < -0.39 is 0 Å². The Morgan fingerprint density at radius 3 is 3.25 bits per heavy atom. The van der Waals surface area contributed by atoms with Gasteiger partial charge >= 0.3 is 0 Å². The molecule has 1 aromatic heterocycles. The van der Waals surface area contributed by atoms with Gasteiger partial charge in [0.15, 0.2) is 0 Å². The Morgan fingerprint density at radius 1 is 1.75 bits per heavy atom. The number of hydrogen-bond donors (Lipinski definition) is 0. The van der Waals surface area contributed by atoms with E-state index in [9.17, 15) is 0 Å². The van der Waals surface area contributed by atoms with Crippen LogP contribution in [0, 0.1) is 0 Å². The minimum absolute atomic E-state index is 0.280. The molecule has 1 fully saturated rings. The van der Waals surface area contributed by atoms with E-state index in [2.05, 4.69) is 20.9 Å². The first kappa shape index (κ1) is 8.66. The first-order valence-electron chi connectivity index (χ1n) is 4.02. The predicted molar refractivity (Wildman–Crippen MR) is 52.7 cm³/mol. The molecule has 1 atom stereocenters. The molecular weight excluding hydrogens is 238 g/mol. The zero-order valence-corrected chi connectivity index (χ0v) is 9.03. The second kappa shape index (κ2) is 3.85. The van der Waals surface area contributed by atoms with Gasteiger partial charge in [0.1, 0.15) is 11.1 Å². The van der Waals surface area contributed by atoms with Crippen LogP contribution in [0.3, 0.4) is 0 Å². The molecule has 0 bridgehead atoms. The van der Waals surface area contributed by atoms with Gasteiger partial charge in [-0.05, 0) is 12.8 Å². The highest BCUT2D eigenvalue weighted by Gasteiger charge is 2.20. The van der Waals surface area contributed by atoms with Gasteiger partial charge in [-0.25, -0.2) is 4.98 Å². The van der Waals surface area contributed by atoms with Crippen molar-refractivity contribution in [2.75, 3.05) is 6.61 Å². The molecule has 1 aliphatic rings. The number of alkyl halides is 1. The summed E-state index contributed by atoms with van der Waals surface area (Å²) in [5.74, 6) is 0. The highest BCUT2D eigenvalue weighted by molar-refractivity contribution is 9.08. The first-order chi connectivity index (χ1) is 5.90. The number of hydrogen-bond acceptors (Lipinski definition) is 3. The van der Waals surface area contributed by atoms with Crippen molar-refractivity contribution in [1.29, 1.82) is 0 Å². The van der Waals surface area contributed by atoms with E-state index in [-0.39, 0.29) is 6.10 Å². The van der Waals surface area contributed by atoms with E-state index in [0.29, 0.717) is 0 Å². The van der Waals surface area contributed by atoms with Gasteiger partial charge in [0.25, 0.3) is 0 Å². The van der Waals surface area contributed by atoms with Crippen molar-refractivity contribution < 1.29 is 4.74 Å². The molecule has 12 heavy (non-hydrogen) atoms. The first-order valence-corrected chi connectivity index (χ1v) is 5.96. The number of rotatable bonds is 2. The fourth-order valence-corrected chi connectivity index (χ4v) is 2.65.